The number of rotatable bonds is 7. The minimum atomic E-state index is -0.837. The fourth-order valence-corrected chi connectivity index (χ4v) is 1.22. The Kier molecular flexibility index (Phi) is 8.03. The molecule has 104 valence electrons. The number of nitrogens with zero attached hydrogens (tertiary/aromatic N) is 1. The number of nitrogens with two attached hydrogens (primary N) is 2. The normalized spacial score (nSPS) is 11.2. The highest BCUT2D eigenvalue weighted by Crippen LogP contribution is 1.98. The fraction of sp³-hybridized carbons (Fsp3) is 0.667. The summed E-state index contributed by atoms with van der Waals surface area (Å²) in [7, 11) is 0. The Balaban J connectivity index is 4.19. The zero-order valence-electron chi connectivity index (χ0n) is 10.3. The lowest BCUT2D eigenvalue weighted by Crippen LogP contribution is -2.49. The van der Waals surface area contributed by atoms with Gasteiger partial charge in [0.25, 0.3) is 5.91 Å². The molecule has 0 saturated carbocycles. The van der Waals surface area contributed by atoms with Crippen molar-refractivity contribution >= 4 is 17.9 Å². The van der Waals surface area contributed by atoms with Crippen molar-refractivity contribution in [2.24, 2.45) is 16.5 Å². The molecular weight excluding hydrogens is 240 g/mol. The lowest BCUT2D eigenvalue weighted by Gasteiger charge is -2.16. The highest BCUT2D eigenvalue weighted by atomic mass is 16.5. The Labute approximate surface area is 105 Å². The van der Waals surface area contributed by atoms with Crippen LogP contribution in [0.25, 0.3) is 0 Å². The molecule has 0 fully saturated rings. The van der Waals surface area contributed by atoms with Gasteiger partial charge >= 0.3 is 6.03 Å². The van der Waals surface area contributed by atoms with Gasteiger partial charge in [0.05, 0.1) is 0 Å². The van der Waals surface area contributed by atoms with Gasteiger partial charge in [-0.25, -0.2) is 10.3 Å². The summed E-state index contributed by atoms with van der Waals surface area (Å²) in [6, 6.07) is -1.32. The van der Waals surface area contributed by atoms with E-state index in [4.69, 9.17) is 16.7 Å². The molecule has 9 nitrogen and oxygen atoms in total. The largest absolute Gasteiger partial charge is 0.370 e. The molecule has 0 aromatic rings. The van der Waals surface area contributed by atoms with Gasteiger partial charge in [0, 0.05) is 13.1 Å². The van der Waals surface area contributed by atoms with E-state index in [2.05, 4.69) is 15.6 Å². The number of guanidine groups is 1. The molecule has 0 rings (SSSR count). The average molecular weight is 260 g/mol. The lowest BCUT2D eigenvalue weighted by atomic mass is 10.1. The Morgan fingerprint density at radius 3 is 2.56 bits per heavy atom. The summed E-state index contributed by atoms with van der Waals surface area (Å²) in [5, 5.41) is 13.5. The van der Waals surface area contributed by atoms with E-state index in [9.17, 15) is 9.59 Å². The van der Waals surface area contributed by atoms with Gasteiger partial charge < -0.3 is 22.1 Å². The maximum absolute atomic E-state index is 11.3. The topological polar surface area (TPSA) is 155 Å². The third-order valence-electron chi connectivity index (χ3n) is 2.01. The maximum Gasteiger partial charge on any atom is 0.315 e. The van der Waals surface area contributed by atoms with E-state index in [0.717, 1.165) is 0 Å². The second-order valence-corrected chi connectivity index (χ2v) is 3.48. The standard InChI is InChI=1S/C9H20N6O3/c1-2-12-9(17)14-6(7(16)15-18)4-3-5-13-8(10)11/h6,18H,2-5H2,1H3,(H,15,16)(H4,10,11,13)(H2,12,14,17)/t6-/m0/s1. The van der Waals surface area contributed by atoms with E-state index in [0.29, 0.717) is 25.9 Å². The molecule has 1 atom stereocenters. The molecule has 0 spiro atoms. The summed E-state index contributed by atoms with van der Waals surface area (Å²) in [6.07, 6.45) is 0.794. The van der Waals surface area contributed by atoms with Gasteiger partial charge in [-0.2, -0.15) is 0 Å². The first-order valence-corrected chi connectivity index (χ1v) is 5.55. The number of amides is 3. The predicted molar refractivity (Wildman–Crippen MR) is 65.8 cm³/mol. The summed E-state index contributed by atoms with van der Waals surface area (Å²) in [5.41, 5.74) is 11.8. The summed E-state index contributed by atoms with van der Waals surface area (Å²) in [5.74, 6) is -0.721. The highest BCUT2D eigenvalue weighted by molar-refractivity contribution is 5.86. The number of hydrogen-bond acceptors (Lipinski definition) is 4. The van der Waals surface area contributed by atoms with Crippen molar-refractivity contribution in [1.29, 1.82) is 0 Å². The summed E-state index contributed by atoms with van der Waals surface area (Å²) >= 11 is 0. The van der Waals surface area contributed by atoms with E-state index < -0.39 is 18.0 Å². The molecule has 0 radical (unpaired) electrons. The van der Waals surface area contributed by atoms with Gasteiger partial charge in [-0.05, 0) is 19.8 Å². The van der Waals surface area contributed by atoms with Crippen molar-refractivity contribution in [1.82, 2.24) is 16.1 Å². The highest BCUT2D eigenvalue weighted by Gasteiger charge is 2.19. The van der Waals surface area contributed by atoms with E-state index in [1.54, 1.807) is 6.92 Å². The number of carbonyl (C=O) groups is 2. The minimum Gasteiger partial charge on any atom is -0.370 e. The molecule has 0 aromatic heterocycles. The Hall–Kier alpha value is -2.03. The number of hydrogen-bond donors (Lipinski definition) is 6. The van der Waals surface area contributed by atoms with Crippen LogP contribution in [0.5, 0.6) is 0 Å². The minimum absolute atomic E-state index is 0.0326. The van der Waals surface area contributed by atoms with Crippen LogP contribution < -0.4 is 27.6 Å². The number of nitrogens with one attached hydrogen (secondary N) is 3. The van der Waals surface area contributed by atoms with Crippen LogP contribution in [-0.4, -0.2) is 42.2 Å². The molecule has 0 bridgehead atoms. The van der Waals surface area contributed by atoms with Gasteiger partial charge in [0.2, 0.25) is 0 Å². The zero-order chi connectivity index (χ0) is 14.0. The Bertz CT molecular complexity index is 303. The molecule has 0 aliphatic heterocycles. The van der Waals surface area contributed by atoms with Crippen LogP contribution in [0.15, 0.2) is 4.99 Å². The molecule has 0 saturated heterocycles. The summed E-state index contributed by atoms with van der Waals surface area (Å²) < 4.78 is 0. The molecule has 0 aromatic carbocycles. The van der Waals surface area contributed by atoms with Crippen LogP contribution in [0.3, 0.4) is 0 Å². The Morgan fingerprint density at radius 2 is 2.06 bits per heavy atom. The van der Waals surface area contributed by atoms with Gasteiger partial charge in [-0.3, -0.25) is 15.0 Å². The van der Waals surface area contributed by atoms with Crippen molar-refractivity contribution < 1.29 is 14.8 Å². The van der Waals surface area contributed by atoms with E-state index in [1.165, 1.54) is 5.48 Å². The van der Waals surface area contributed by atoms with Crippen LogP contribution in [-0.2, 0) is 4.79 Å². The van der Waals surface area contributed by atoms with Crippen molar-refractivity contribution in [3.05, 3.63) is 0 Å². The quantitative estimate of drug-likeness (QED) is 0.105. The molecule has 0 unspecified atom stereocenters. The van der Waals surface area contributed by atoms with Crippen molar-refractivity contribution in [3.63, 3.8) is 0 Å². The Morgan fingerprint density at radius 1 is 1.39 bits per heavy atom. The smallest absolute Gasteiger partial charge is 0.315 e. The van der Waals surface area contributed by atoms with Gasteiger partial charge in [-0.15, -0.1) is 0 Å². The maximum atomic E-state index is 11.3. The monoisotopic (exact) mass is 260 g/mol. The molecule has 0 heterocycles. The van der Waals surface area contributed by atoms with Gasteiger partial charge in [0.15, 0.2) is 5.96 Å². The molecule has 9 heteroatoms. The van der Waals surface area contributed by atoms with Crippen LogP contribution >= 0.6 is 0 Å². The molecule has 0 aliphatic rings. The van der Waals surface area contributed by atoms with Crippen LogP contribution in [0.2, 0.25) is 0 Å². The molecule has 0 aliphatic carbocycles. The molecule has 3 amide bonds. The van der Waals surface area contributed by atoms with Gasteiger partial charge in [0.1, 0.15) is 6.04 Å². The number of carbonyl (C=O) groups excluding carboxylic acids is 2. The number of hydroxylamine groups is 1. The summed E-state index contributed by atoms with van der Waals surface area (Å²) in [6.45, 7) is 2.53. The van der Waals surface area contributed by atoms with Crippen molar-refractivity contribution in [3.8, 4) is 0 Å². The SMILES string of the molecule is CCNC(=O)N[C@@H](CCCN=C(N)N)C(=O)NO. The first-order chi connectivity index (χ1) is 8.51. The van der Waals surface area contributed by atoms with Crippen molar-refractivity contribution in [2.75, 3.05) is 13.1 Å². The number of aliphatic imine (C=N–C) groups is 1. The van der Waals surface area contributed by atoms with E-state index in [1.807, 2.05) is 0 Å². The molecule has 18 heavy (non-hydrogen) atoms. The predicted octanol–water partition coefficient (Wildman–Crippen LogP) is -1.77. The van der Waals surface area contributed by atoms with Crippen molar-refractivity contribution in [2.45, 2.75) is 25.8 Å². The van der Waals surface area contributed by atoms with Crippen LogP contribution in [0, 0.1) is 0 Å². The second kappa shape index (κ2) is 9.05. The second-order valence-electron chi connectivity index (χ2n) is 3.48. The number of urea groups is 1. The first kappa shape index (κ1) is 16.0. The fourth-order valence-electron chi connectivity index (χ4n) is 1.22. The third-order valence-corrected chi connectivity index (χ3v) is 2.01. The van der Waals surface area contributed by atoms with Crippen LogP contribution in [0.4, 0.5) is 4.79 Å². The average Bonchev–Trinajstić information content (AvgIpc) is 2.32. The lowest BCUT2D eigenvalue weighted by molar-refractivity contribution is -0.131. The zero-order valence-corrected chi connectivity index (χ0v) is 10.3. The van der Waals surface area contributed by atoms with E-state index in [-0.39, 0.29) is 5.96 Å². The molecule has 8 N–H and O–H groups in total. The molecular formula is C9H20N6O3. The third kappa shape index (κ3) is 7.28. The summed E-state index contributed by atoms with van der Waals surface area (Å²) in [4.78, 5) is 26.3. The first-order valence-electron chi connectivity index (χ1n) is 5.55. The van der Waals surface area contributed by atoms with Crippen LogP contribution in [0.1, 0.15) is 19.8 Å². The van der Waals surface area contributed by atoms with Gasteiger partial charge in [-0.1, -0.05) is 0 Å². The van der Waals surface area contributed by atoms with E-state index >= 15 is 0 Å².